The fourth-order valence-corrected chi connectivity index (χ4v) is 4.61. The predicted octanol–water partition coefficient (Wildman–Crippen LogP) is 2.65. The highest BCUT2D eigenvalue weighted by Crippen LogP contribution is 2.46. The maximum absolute atomic E-state index is 12.5. The molecule has 22 heavy (non-hydrogen) atoms. The molecule has 3 nitrogen and oxygen atoms in total. The van der Waals surface area contributed by atoms with E-state index < -0.39 is 0 Å². The second-order valence-corrected chi connectivity index (χ2v) is 7.22. The summed E-state index contributed by atoms with van der Waals surface area (Å²) in [5.41, 5.74) is 1.94. The number of benzene rings is 1. The van der Waals surface area contributed by atoms with Crippen molar-refractivity contribution in [2.24, 2.45) is 17.8 Å². The van der Waals surface area contributed by atoms with E-state index in [0.717, 1.165) is 19.0 Å². The number of carbonyl (C=O) groups is 1. The van der Waals surface area contributed by atoms with E-state index in [0.29, 0.717) is 22.5 Å². The largest absolute Gasteiger partial charge is 0.366 e. The topological polar surface area (TPSA) is 23.6 Å². The Kier molecular flexibility index (Phi) is 3.54. The number of hydrogen-bond acceptors (Lipinski definition) is 2. The molecule has 1 aliphatic carbocycles. The average molecular weight is 313 g/mol. The lowest BCUT2D eigenvalue weighted by molar-refractivity contribution is -0.113. The Morgan fingerprint density at radius 3 is 2.64 bits per heavy atom. The highest BCUT2D eigenvalue weighted by Gasteiger charge is 2.44. The number of anilines is 1. The minimum Gasteiger partial charge on any atom is -0.366 e. The van der Waals surface area contributed by atoms with Gasteiger partial charge in [0.05, 0.1) is 0 Å². The zero-order chi connectivity index (χ0) is 15.3. The molecular weight excluding hydrogens is 294 g/mol. The van der Waals surface area contributed by atoms with Gasteiger partial charge in [0.2, 0.25) is 13.9 Å². The lowest BCUT2D eigenvalue weighted by atomic mass is 9.65. The maximum atomic E-state index is 12.5. The van der Waals surface area contributed by atoms with E-state index in [4.69, 9.17) is 19.6 Å². The Hall–Kier alpha value is -1.26. The van der Waals surface area contributed by atoms with Gasteiger partial charge in [0.25, 0.3) is 0 Å². The lowest BCUT2D eigenvalue weighted by Gasteiger charge is -2.53. The Labute approximate surface area is 137 Å². The molecule has 1 aromatic carbocycles. The SMILES string of the molecule is [B]N(C(=O)C=C1C2CC3CC1CN(C3)C2)c1cccc(Cl)c1. The van der Waals surface area contributed by atoms with Crippen molar-refractivity contribution in [3.63, 3.8) is 0 Å². The Bertz CT molecular complexity index is 615. The highest BCUT2D eigenvalue weighted by atomic mass is 35.5. The summed E-state index contributed by atoms with van der Waals surface area (Å²) in [4.78, 5) is 16.3. The molecule has 5 rings (SSSR count). The molecule has 3 aliphatic heterocycles. The highest BCUT2D eigenvalue weighted by molar-refractivity contribution is 6.34. The van der Waals surface area contributed by atoms with Crippen LogP contribution in [0.2, 0.25) is 5.02 Å². The van der Waals surface area contributed by atoms with E-state index >= 15 is 0 Å². The second-order valence-electron chi connectivity index (χ2n) is 6.78. The summed E-state index contributed by atoms with van der Waals surface area (Å²) in [5.74, 6) is 1.76. The molecule has 4 aliphatic rings. The van der Waals surface area contributed by atoms with Gasteiger partial charge in [-0.25, -0.2) is 0 Å². The third-order valence-electron chi connectivity index (χ3n) is 5.27. The first kappa shape index (κ1) is 14.3. The van der Waals surface area contributed by atoms with Crippen LogP contribution in [0, 0.1) is 17.8 Å². The number of amides is 1. The molecule has 0 N–H and O–H groups in total. The molecule has 3 saturated heterocycles. The Morgan fingerprint density at radius 2 is 2.00 bits per heavy atom. The number of rotatable bonds is 2. The lowest BCUT2D eigenvalue weighted by Crippen LogP contribution is -2.54. The molecule has 1 amide bonds. The zero-order valence-corrected chi connectivity index (χ0v) is 13.2. The smallest absolute Gasteiger partial charge is 0.239 e. The summed E-state index contributed by atoms with van der Waals surface area (Å²) in [6.45, 7) is 3.46. The normalized spacial score (nSPS) is 32.1. The number of nitrogens with zero attached hydrogens (tertiary/aromatic N) is 2. The van der Waals surface area contributed by atoms with E-state index in [1.807, 2.05) is 0 Å². The molecule has 4 bridgehead atoms. The van der Waals surface area contributed by atoms with Crippen molar-refractivity contribution in [1.82, 2.24) is 4.90 Å². The molecule has 1 aromatic rings. The standard InChI is InChI=1S/C17H18BClN2O/c18-21(15-3-1-2-14(19)6-15)17(22)7-16-12-4-11-5-13(16)10-20(8-11)9-12/h1-3,6-7,11-13H,4-5,8-10H2. The molecular formula is C17H18BClN2O. The van der Waals surface area contributed by atoms with Crippen molar-refractivity contribution in [3.8, 4) is 0 Å². The van der Waals surface area contributed by atoms with Crippen LogP contribution in [0.5, 0.6) is 0 Å². The summed E-state index contributed by atoms with van der Waals surface area (Å²) in [7, 11) is 5.98. The van der Waals surface area contributed by atoms with Gasteiger partial charge in [0.1, 0.15) is 0 Å². The quantitative estimate of drug-likeness (QED) is 0.619. The summed E-state index contributed by atoms with van der Waals surface area (Å²) < 4.78 is 0. The molecule has 2 atom stereocenters. The van der Waals surface area contributed by atoms with Crippen molar-refractivity contribution in [2.45, 2.75) is 12.8 Å². The van der Waals surface area contributed by atoms with Crippen LogP contribution in [0.1, 0.15) is 12.8 Å². The van der Waals surface area contributed by atoms with E-state index in [9.17, 15) is 4.79 Å². The van der Waals surface area contributed by atoms with E-state index in [1.54, 1.807) is 30.3 Å². The van der Waals surface area contributed by atoms with Crippen molar-refractivity contribution in [1.29, 1.82) is 0 Å². The van der Waals surface area contributed by atoms with Gasteiger partial charge in [0.15, 0.2) is 0 Å². The van der Waals surface area contributed by atoms with Crippen LogP contribution in [0.4, 0.5) is 5.69 Å². The molecule has 2 unspecified atom stereocenters. The first-order chi connectivity index (χ1) is 10.6. The van der Waals surface area contributed by atoms with Crippen LogP contribution < -0.4 is 4.81 Å². The molecule has 1 saturated carbocycles. The molecule has 0 spiro atoms. The molecule has 5 heteroatoms. The van der Waals surface area contributed by atoms with Gasteiger partial charge in [-0.05, 0) is 48.8 Å². The predicted molar refractivity (Wildman–Crippen MR) is 88.9 cm³/mol. The van der Waals surface area contributed by atoms with E-state index in [1.165, 1.54) is 29.8 Å². The van der Waals surface area contributed by atoms with Gasteiger partial charge in [-0.3, -0.25) is 4.79 Å². The van der Waals surface area contributed by atoms with Crippen molar-refractivity contribution < 1.29 is 4.79 Å². The van der Waals surface area contributed by atoms with Crippen LogP contribution in [0.25, 0.3) is 0 Å². The van der Waals surface area contributed by atoms with Gasteiger partial charge >= 0.3 is 0 Å². The molecule has 0 aromatic heterocycles. The Balaban J connectivity index is 1.56. The summed E-state index contributed by atoms with van der Waals surface area (Å²) in [6.07, 6.45) is 4.25. The zero-order valence-electron chi connectivity index (χ0n) is 12.4. The molecule has 2 radical (unpaired) electrons. The van der Waals surface area contributed by atoms with Gasteiger partial charge in [-0.1, -0.05) is 23.2 Å². The minimum absolute atomic E-state index is 0.153. The third-order valence-corrected chi connectivity index (χ3v) is 5.50. The minimum atomic E-state index is -0.153. The van der Waals surface area contributed by atoms with Gasteiger partial charge < -0.3 is 9.71 Å². The maximum Gasteiger partial charge on any atom is 0.239 e. The fourth-order valence-electron chi connectivity index (χ4n) is 4.43. The first-order valence-corrected chi connectivity index (χ1v) is 8.26. The summed E-state index contributed by atoms with van der Waals surface area (Å²) in [5, 5.41) is 0.579. The van der Waals surface area contributed by atoms with Crippen molar-refractivity contribution in [3.05, 3.63) is 40.9 Å². The number of carbonyl (C=O) groups excluding carboxylic acids is 1. The van der Waals surface area contributed by atoms with E-state index in [-0.39, 0.29) is 5.91 Å². The third kappa shape index (κ3) is 2.48. The first-order valence-electron chi connectivity index (χ1n) is 7.88. The molecule has 3 heterocycles. The summed E-state index contributed by atoms with van der Waals surface area (Å²) >= 11 is 5.97. The van der Waals surface area contributed by atoms with Gasteiger partial charge in [-0.15, -0.1) is 0 Å². The van der Waals surface area contributed by atoms with Crippen LogP contribution in [0.15, 0.2) is 35.9 Å². The molecule has 112 valence electrons. The number of piperidine rings is 3. The summed E-state index contributed by atoms with van der Waals surface area (Å²) in [6, 6.07) is 7.08. The number of hydrogen-bond donors (Lipinski definition) is 0. The fraction of sp³-hybridized carbons (Fsp3) is 0.471. The van der Waals surface area contributed by atoms with Crippen LogP contribution in [0.3, 0.4) is 0 Å². The monoisotopic (exact) mass is 312 g/mol. The van der Waals surface area contributed by atoms with E-state index in [2.05, 4.69) is 4.90 Å². The average Bonchev–Trinajstić information content (AvgIpc) is 2.49. The Morgan fingerprint density at radius 1 is 1.27 bits per heavy atom. The van der Waals surface area contributed by atoms with Crippen molar-refractivity contribution in [2.75, 3.05) is 24.4 Å². The van der Waals surface area contributed by atoms with Crippen LogP contribution in [-0.4, -0.2) is 38.4 Å². The van der Waals surface area contributed by atoms with Crippen LogP contribution >= 0.6 is 11.6 Å². The number of halogens is 1. The molecule has 4 fully saturated rings. The van der Waals surface area contributed by atoms with Crippen molar-refractivity contribution >= 4 is 31.2 Å². The van der Waals surface area contributed by atoms with Gasteiger partial charge in [-0.2, -0.15) is 0 Å². The van der Waals surface area contributed by atoms with Gasteiger partial charge in [0, 0.05) is 36.4 Å². The second kappa shape index (κ2) is 5.43. The van der Waals surface area contributed by atoms with Crippen LogP contribution in [-0.2, 0) is 4.79 Å².